The predicted octanol–water partition coefficient (Wildman–Crippen LogP) is 0.967. The van der Waals surface area contributed by atoms with Crippen molar-refractivity contribution in [3.63, 3.8) is 0 Å². The first-order valence-corrected chi connectivity index (χ1v) is 7.92. The first-order chi connectivity index (χ1) is 10.6. The summed E-state index contributed by atoms with van der Waals surface area (Å²) in [6.45, 7) is 4.72. The molecule has 0 aromatic carbocycles. The minimum atomic E-state index is -1.75. The normalized spacial score (nSPS) is 32.6. The molecule has 0 radical (unpaired) electrons. The predicted molar refractivity (Wildman–Crippen MR) is 84.6 cm³/mol. The van der Waals surface area contributed by atoms with Crippen LogP contribution >= 0.6 is 23.2 Å². The van der Waals surface area contributed by atoms with Gasteiger partial charge in [0.25, 0.3) is 5.91 Å². The summed E-state index contributed by atoms with van der Waals surface area (Å²) in [6.07, 6.45) is -3.53. The number of hydrogen-bond donors (Lipinski definition) is 5. The largest absolute Gasteiger partial charge is 0.387 e. The first kappa shape index (κ1) is 18.5. The molecule has 5 N–H and O–H groups in total. The van der Waals surface area contributed by atoms with Gasteiger partial charge in [-0.3, -0.25) is 4.79 Å². The SMILES string of the molecule is Cc1[nH]c(C(=O)NC(C)[C@]2(O)CC(O)OC(C)[C@H]2O)c(Cl)c1Cl. The minimum absolute atomic E-state index is 0.0692. The lowest BCUT2D eigenvalue weighted by molar-refractivity contribution is -0.267. The Morgan fingerprint density at radius 1 is 1.43 bits per heavy atom. The number of amides is 1. The van der Waals surface area contributed by atoms with E-state index in [1.165, 1.54) is 13.8 Å². The molecule has 1 aromatic heterocycles. The van der Waals surface area contributed by atoms with E-state index >= 15 is 0 Å². The Balaban J connectivity index is 2.18. The van der Waals surface area contributed by atoms with Gasteiger partial charge < -0.3 is 30.4 Å². The third kappa shape index (κ3) is 3.35. The molecule has 1 aliphatic heterocycles. The van der Waals surface area contributed by atoms with Gasteiger partial charge in [0.05, 0.1) is 22.2 Å². The van der Waals surface area contributed by atoms with Gasteiger partial charge in [-0.25, -0.2) is 0 Å². The summed E-state index contributed by atoms with van der Waals surface area (Å²) in [5.41, 5.74) is -1.13. The van der Waals surface area contributed by atoms with E-state index in [1.807, 2.05) is 0 Å². The van der Waals surface area contributed by atoms with Crippen LogP contribution in [0.15, 0.2) is 0 Å². The van der Waals surface area contributed by atoms with E-state index in [0.717, 1.165) is 0 Å². The van der Waals surface area contributed by atoms with Crippen LogP contribution in [0.25, 0.3) is 0 Å². The number of halogens is 2. The molecule has 2 heterocycles. The highest BCUT2D eigenvalue weighted by Crippen LogP contribution is 2.32. The fourth-order valence-corrected chi connectivity index (χ4v) is 3.15. The molecule has 1 fully saturated rings. The fourth-order valence-electron chi connectivity index (χ4n) is 2.73. The number of aliphatic hydroxyl groups is 3. The van der Waals surface area contributed by atoms with Crippen LogP contribution in [0, 0.1) is 6.92 Å². The van der Waals surface area contributed by atoms with Crippen molar-refractivity contribution in [1.82, 2.24) is 10.3 Å². The van der Waals surface area contributed by atoms with E-state index in [1.54, 1.807) is 6.92 Å². The quantitative estimate of drug-likeness (QED) is 0.546. The molecule has 0 bridgehead atoms. The molecule has 3 unspecified atom stereocenters. The van der Waals surface area contributed by atoms with Gasteiger partial charge in [-0.05, 0) is 20.8 Å². The number of aliphatic hydroxyl groups excluding tert-OH is 2. The zero-order valence-corrected chi connectivity index (χ0v) is 14.4. The molecular weight excluding hydrogens is 347 g/mol. The van der Waals surface area contributed by atoms with E-state index in [0.29, 0.717) is 5.69 Å². The van der Waals surface area contributed by atoms with E-state index < -0.39 is 36.0 Å². The van der Waals surface area contributed by atoms with E-state index in [2.05, 4.69) is 10.3 Å². The summed E-state index contributed by atoms with van der Waals surface area (Å²) in [7, 11) is 0. The third-order valence-electron chi connectivity index (χ3n) is 4.21. The Morgan fingerprint density at radius 3 is 2.57 bits per heavy atom. The van der Waals surface area contributed by atoms with Crippen LogP contribution in [0.2, 0.25) is 10.0 Å². The molecule has 9 heteroatoms. The summed E-state index contributed by atoms with van der Waals surface area (Å²) >= 11 is 11.9. The lowest BCUT2D eigenvalue weighted by atomic mass is 9.81. The van der Waals surface area contributed by atoms with Crippen LogP contribution in [-0.2, 0) is 4.74 Å². The van der Waals surface area contributed by atoms with Crippen LogP contribution in [0.1, 0.15) is 36.5 Å². The van der Waals surface area contributed by atoms with Gasteiger partial charge in [-0.2, -0.15) is 0 Å². The lowest BCUT2D eigenvalue weighted by Crippen LogP contribution is -2.65. The van der Waals surface area contributed by atoms with E-state index in [-0.39, 0.29) is 22.2 Å². The number of H-pyrrole nitrogens is 1. The number of aryl methyl sites for hydroxylation is 1. The van der Waals surface area contributed by atoms with Crippen molar-refractivity contribution in [3.8, 4) is 0 Å². The van der Waals surface area contributed by atoms with Crippen molar-refractivity contribution in [3.05, 3.63) is 21.4 Å². The smallest absolute Gasteiger partial charge is 0.269 e. The lowest BCUT2D eigenvalue weighted by Gasteiger charge is -2.45. The summed E-state index contributed by atoms with van der Waals surface area (Å²) in [5.74, 6) is -0.577. The Morgan fingerprint density at radius 2 is 2.04 bits per heavy atom. The highest BCUT2D eigenvalue weighted by molar-refractivity contribution is 6.44. The molecule has 1 aromatic rings. The Labute approximate surface area is 143 Å². The highest BCUT2D eigenvalue weighted by atomic mass is 35.5. The van der Waals surface area contributed by atoms with Crippen molar-refractivity contribution < 1.29 is 24.9 Å². The number of rotatable bonds is 3. The zero-order valence-electron chi connectivity index (χ0n) is 12.9. The average Bonchev–Trinajstić information content (AvgIpc) is 2.72. The van der Waals surface area contributed by atoms with Gasteiger partial charge in [-0.1, -0.05) is 23.2 Å². The molecule has 0 aliphatic carbocycles. The van der Waals surface area contributed by atoms with Gasteiger partial charge in [0.15, 0.2) is 6.29 Å². The minimum Gasteiger partial charge on any atom is -0.387 e. The van der Waals surface area contributed by atoms with Crippen molar-refractivity contribution in [2.45, 2.75) is 57.3 Å². The second-order valence-corrected chi connectivity index (χ2v) is 6.64. The maximum atomic E-state index is 12.3. The Bertz CT molecular complexity index is 608. The molecule has 1 saturated heterocycles. The molecule has 0 spiro atoms. The second-order valence-electron chi connectivity index (χ2n) is 5.88. The number of ether oxygens (including phenoxy) is 1. The standard InChI is InChI=1S/C14H20Cl2N2O5/c1-5-9(15)10(16)11(17-5)13(21)18-7(3)14(22)4-8(19)23-6(2)12(14)20/h6-8,12,17,19-20,22H,4H2,1-3H3,(H,18,21)/t6?,7?,8?,12-,14-/m1/s1. The van der Waals surface area contributed by atoms with Crippen LogP contribution < -0.4 is 5.32 Å². The maximum absolute atomic E-state index is 12.3. The number of carbonyl (C=O) groups excluding carboxylic acids is 1. The van der Waals surface area contributed by atoms with E-state index in [4.69, 9.17) is 27.9 Å². The van der Waals surface area contributed by atoms with Crippen LogP contribution in [0.4, 0.5) is 0 Å². The fraction of sp³-hybridized carbons (Fsp3) is 0.643. The first-order valence-electron chi connectivity index (χ1n) is 7.16. The topological polar surface area (TPSA) is 115 Å². The molecule has 1 amide bonds. The molecule has 1 aliphatic rings. The van der Waals surface area contributed by atoms with Gasteiger partial charge in [0.2, 0.25) is 0 Å². The van der Waals surface area contributed by atoms with Gasteiger partial charge in [0.1, 0.15) is 17.4 Å². The van der Waals surface area contributed by atoms with Crippen molar-refractivity contribution in [2.24, 2.45) is 0 Å². The summed E-state index contributed by atoms with van der Waals surface area (Å²) in [5, 5.41) is 33.4. The zero-order chi connectivity index (χ0) is 17.5. The van der Waals surface area contributed by atoms with Crippen molar-refractivity contribution >= 4 is 29.1 Å². The highest BCUT2D eigenvalue weighted by Gasteiger charge is 2.50. The monoisotopic (exact) mass is 366 g/mol. The summed E-state index contributed by atoms with van der Waals surface area (Å²) in [6, 6.07) is -0.871. The van der Waals surface area contributed by atoms with Crippen LogP contribution in [0.3, 0.4) is 0 Å². The van der Waals surface area contributed by atoms with E-state index in [9.17, 15) is 20.1 Å². The average molecular weight is 367 g/mol. The third-order valence-corrected chi connectivity index (χ3v) is 5.16. The summed E-state index contributed by atoms with van der Waals surface area (Å²) < 4.78 is 5.06. The number of hydrogen-bond acceptors (Lipinski definition) is 5. The molecule has 0 saturated carbocycles. The molecule has 23 heavy (non-hydrogen) atoms. The molecule has 7 nitrogen and oxygen atoms in total. The van der Waals surface area contributed by atoms with Gasteiger partial charge in [0, 0.05) is 12.1 Å². The number of carbonyl (C=O) groups is 1. The second kappa shape index (κ2) is 6.58. The van der Waals surface area contributed by atoms with Gasteiger partial charge in [-0.15, -0.1) is 0 Å². The number of aromatic nitrogens is 1. The Kier molecular flexibility index (Phi) is 5.30. The molecule has 5 atom stereocenters. The number of nitrogens with one attached hydrogen (secondary N) is 2. The maximum Gasteiger partial charge on any atom is 0.269 e. The molecule has 130 valence electrons. The van der Waals surface area contributed by atoms with Crippen LogP contribution in [-0.4, -0.2) is 56.4 Å². The Hall–Kier alpha value is -0.830. The molecule has 2 rings (SSSR count). The molecular formula is C14H20Cl2N2O5. The van der Waals surface area contributed by atoms with Crippen molar-refractivity contribution in [2.75, 3.05) is 0 Å². The number of aromatic amines is 1. The summed E-state index contributed by atoms with van der Waals surface area (Å²) in [4.78, 5) is 15.1. The van der Waals surface area contributed by atoms with Crippen molar-refractivity contribution in [1.29, 1.82) is 0 Å². The van der Waals surface area contributed by atoms with Crippen LogP contribution in [0.5, 0.6) is 0 Å². The van der Waals surface area contributed by atoms with Gasteiger partial charge >= 0.3 is 0 Å².